The topological polar surface area (TPSA) is 55.2 Å². The number of nitro groups is 1. The summed E-state index contributed by atoms with van der Waals surface area (Å²) in [5, 5.41) is 14.2. The number of aryl methyl sites for hydroxylation is 1. The van der Waals surface area contributed by atoms with E-state index in [-0.39, 0.29) is 10.6 Å². The molecule has 0 amide bonds. The van der Waals surface area contributed by atoms with E-state index in [9.17, 15) is 10.1 Å². The summed E-state index contributed by atoms with van der Waals surface area (Å²) in [5.74, 6) is 0. The van der Waals surface area contributed by atoms with E-state index in [4.69, 9.17) is 0 Å². The van der Waals surface area contributed by atoms with Gasteiger partial charge in [0.15, 0.2) is 0 Å². The van der Waals surface area contributed by atoms with Crippen molar-refractivity contribution in [1.29, 1.82) is 0 Å². The third kappa shape index (κ3) is 3.36. The summed E-state index contributed by atoms with van der Waals surface area (Å²) >= 11 is 3.53. The normalized spacial score (nSPS) is 10.3. The van der Waals surface area contributed by atoms with E-state index >= 15 is 0 Å². The second-order valence-corrected chi connectivity index (χ2v) is 5.29. The zero-order valence-corrected chi connectivity index (χ0v) is 12.7. The summed E-state index contributed by atoms with van der Waals surface area (Å²) in [5.41, 5.74) is 3.08. The molecule has 0 saturated heterocycles. The zero-order valence-electron chi connectivity index (χ0n) is 11.1. The Morgan fingerprint density at radius 3 is 2.70 bits per heavy atom. The molecule has 0 heterocycles. The predicted octanol–water partition coefficient (Wildman–Crippen LogP) is 4.32. The van der Waals surface area contributed by atoms with Crippen LogP contribution in [0.3, 0.4) is 0 Å². The molecular weight excluding hydrogens is 320 g/mol. The van der Waals surface area contributed by atoms with E-state index in [2.05, 4.69) is 21.2 Å². The molecule has 0 unspecified atom stereocenters. The lowest BCUT2D eigenvalue weighted by Crippen LogP contribution is -2.07. The average Bonchev–Trinajstić information content (AvgIpc) is 2.44. The highest BCUT2D eigenvalue weighted by atomic mass is 79.9. The maximum atomic E-state index is 10.9. The van der Waals surface area contributed by atoms with Crippen molar-refractivity contribution in [3.05, 3.63) is 68.2 Å². The maximum absolute atomic E-state index is 10.9. The first-order chi connectivity index (χ1) is 9.59. The molecule has 104 valence electrons. The van der Waals surface area contributed by atoms with Crippen molar-refractivity contribution in [3.8, 4) is 0 Å². The van der Waals surface area contributed by atoms with Gasteiger partial charge in [-0.15, -0.1) is 0 Å². The van der Waals surface area contributed by atoms with E-state index in [1.807, 2.05) is 31.2 Å². The highest BCUT2D eigenvalue weighted by Gasteiger charge is 2.11. The van der Waals surface area contributed by atoms with Crippen LogP contribution in [0.25, 0.3) is 0 Å². The Hall–Kier alpha value is -1.88. The van der Waals surface area contributed by atoms with Gasteiger partial charge >= 0.3 is 0 Å². The number of hydrogen-bond donors (Lipinski definition) is 1. The van der Waals surface area contributed by atoms with E-state index in [1.54, 1.807) is 12.1 Å². The van der Waals surface area contributed by atoms with Gasteiger partial charge in [-0.25, -0.2) is 0 Å². The molecule has 0 aliphatic rings. The summed E-state index contributed by atoms with van der Waals surface area (Å²) in [4.78, 5) is 10.6. The number of nitro benzene ring substituents is 1. The van der Waals surface area contributed by atoms with Crippen LogP contribution in [-0.2, 0) is 6.42 Å². The third-order valence-corrected chi connectivity index (χ3v) is 4.14. The van der Waals surface area contributed by atoms with Crippen LogP contribution in [0.5, 0.6) is 0 Å². The van der Waals surface area contributed by atoms with Crippen LogP contribution in [0.1, 0.15) is 11.1 Å². The molecule has 2 aromatic rings. The molecule has 0 aliphatic heterocycles. The van der Waals surface area contributed by atoms with Crippen LogP contribution < -0.4 is 5.32 Å². The molecule has 0 bridgehead atoms. The van der Waals surface area contributed by atoms with Crippen molar-refractivity contribution >= 4 is 27.3 Å². The van der Waals surface area contributed by atoms with Crippen molar-refractivity contribution in [2.75, 3.05) is 11.9 Å². The Morgan fingerprint density at radius 2 is 1.95 bits per heavy atom. The first kappa shape index (κ1) is 14.5. The second kappa shape index (κ2) is 6.52. The summed E-state index contributed by atoms with van der Waals surface area (Å²) in [6.45, 7) is 2.67. The number of rotatable bonds is 5. The van der Waals surface area contributed by atoms with Crippen LogP contribution in [0.2, 0.25) is 0 Å². The van der Waals surface area contributed by atoms with Crippen LogP contribution in [-0.4, -0.2) is 11.5 Å². The van der Waals surface area contributed by atoms with Gasteiger partial charge in [-0.2, -0.15) is 0 Å². The fourth-order valence-electron chi connectivity index (χ4n) is 2.02. The molecule has 0 fully saturated rings. The minimum Gasteiger partial charge on any atom is -0.384 e. The van der Waals surface area contributed by atoms with Gasteiger partial charge in [0.05, 0.1) is 4.92 Å². The van der Waals surface area contributed by atoms with Crippen molar-refractivity contribution in [3.63, 3.8) is 0 Å². The van der Waals surface area contributed by atoms with Gasteiger partial charge in [0.2, 0.25) is 0 Å². The van der Waals surface area contributed by atoms with Crippen LogP contribution >= 0.6 is 15.9 Å². The Kier molecular flexibility index (Phi) is 4.74. The van der Waals surface area contributed by atoms with E-state index < -0.39 is 0 Å². The lowest BCUT2D eigenvalue weighted by molar-refractivity contribution is -0.385. The molecule has 0 spiro atoms. The molecule has 5 heteroatoms. The Bertz CT molecular complexity index is 629. The zero-order chi connectivity index (χ0) is 14.5. The molecule has 0 saturated carbocycles. The van der Waals surface area contributed by atoms with E-state index in [0.717, 1.165) is 21.3 Å². The monoisotopic (exact) mass is 334 g/mol. The predicted molar refractivity (Wildman–Crippen MR) is 84.2 cm³/mol. The Balaban J connectivity index is 2.03. The molecule has 0 aliphatic carbocycles. The van der Waals surface area contributed by atoms with Crippen molar-refractivity contribution < 1.29 is 4.92 Å². The molecule has 0 radical (unpaired) electrons. The molecule has 2 aromatic carbocycles. The molecule has 20 heavy (non-hydrogen) atoms. The summed E-state index contributed by atoms with van der Waals surface area (Å²) in [7, 11) is 0. The molecule has 1 N–H and O–H groups in total. The van der Waals surface area contributed by atoms with Gasteiger partial charge in [-0.05, 0) is 40.9 Å². The number of para-hydroxylation sites is 1. The van der Waals surface area contributed by atoms with Crippen LogP contribution in [0, 0.1) is 17.0 Å². The van der Waals surface area contributed by atoms with Gasteiger partial charge in [0, 0.05) is 28.3 Å². The van der Waals surface area contributed by atoms with Gasteiger partial charge in [-0.1, -0.05) is 30.3 Å². The van der Waals surface area contributed by atoms with Crippen LogP contribution in [0.4, 0.5) is 11.4 Å². The first-order valence-corrected chi connectivity index (χ1v) is 7.10. The Labute approximate surface area is 126 Å². The van der Waals surface area contributed by atoms with Crippen molar-refractivity contribution in [2.45, 2.75) is 13.3 Å². The Morgan fingerprint density at radius 1 is 1.20 bits per heavy atom. The van der Waals surface area contributed by atoms with E-state index in [0.29, 0.717) is 13.0 Å². The highest BCUT2D eigenvalue weighted by Crippen LogP contribution is 2.26. The van der Waals surface area contributed by atoms with Gasteiger partial charge in [0.25, 0.3) is 5.69 Å². The largest absolute Gasteiger partial charge is 0.384 e. The van der Waals surface area contributed by atoms with Gasteiger partial charge in [0.1, 0.15) is 0 Å². The van der Waals surface area contributed by atoms with E-state index in [1.165, 1.54) is 6.07 Å². The minimum absolute atomic E-state index is 0.178. The van der Waals surface area contributed by atoms with Crippen molar-refractivity contribution in [1.82, 2.24) is 0 Å². The lowest BCUT2D eigenvalue weighted by Gasteiger charge is -2.10. The fraction of sp³-hybridized carbons (Fsp3) is 0.200. The summed E-state index contributed by atoms with van der Waals surface area (Å²) in [6, 6.07) is 12.8. The number of halogens is 1. The standard InChI is InChI=1S/C15H15BrN2O2/c1-11-5-4-7-13(15(11)16)17-10-9-12-6-2-3-8-14(12)18(19)20/h2-8,17H,9-10H2,1H3. The molecule has 0 aromatic heterocycles. The fourth-order valence-corrected chi connectivity index (χ4v) is 2.42. The number of nitrogens with zero attached hydrogens (tertiary/aromatic N) is 1. The highest BCUT2D eigenvalue weighted by molar-refractivity contribution is 9.10. The number of anilines is 1. The molecule has 2 rings (SSSR count). The maximum Gasteiger partial charge on any atom is 0.272 e. The quantitative estimate of drug-likeness (QED) is 0.654. The number of hydrogen-bond acceptors (Lipinski definition) is 3. The lowest BCUT2D eigenvalue weighted by atomic mass is 10.1. The molecule has 0 atom stereocenters. The SMILES string of the molecule is Cc1cccc(NCCc2ccccc2[N+](=O)[O-])c1Br. The van der Waals surface area contributed by atoms with Crippen LogP contribution in [0.15, 0.2) is 46.9 Å². The first-order valence-electron chi connectivity index (χ1n) is 6.31. The number of benzene rings is 2. The second-order valence-electron chi connectivity index (χ2n) is 4.50. The summed E-state index contributed by atoms with van der Waals surface area (Å²) < 4.78 is 1.03. The third-order valence-electron chi connectivity index (χ3n) is 3.09. The number of nitrogens with one attached hydrogen (secondary N) is 1. The minimum atomic E-state index is -0.335. The van der Waals surface area contributed by atoms with Gasteiger partial charge in [-0.3, -0.25) is 10.1 Å². The molecular formula is C15H15BrN2O2. The van der Waals surface area contributed by atoms with Crippen molar-refractivity contribution in [2.24, 2.45) is 0 Å². The van der Waals surface area contributed by atoms with Gasteiger partial charge < -0.3 is 5.32 Å². The summed E-state index contributed by atoms with van der Waals surface area (Å²) in [6.07, 6.45) is 0.609. The smallest absolute Gasteiger partial charge is 0.272 e. The molecule has 4 nitrogen and oxygen atoms in total. The average molecular weight is 335 g/mol.